The fraction of sp³-hybridized carbons (Fsp3) is 0.231. The van der Waals surface area contributed by atoms with Crippen molar-refractivity contribution in [3.8, 4) is 0 Å². The van der Waals surface area contributed by atoms with E-state index >= 15 is 0 Å². The lowest BCUT2D eigenvalue weighted by molar-refractivity contribution is 1.05. The molecule has 0 spiro atoms. The van der Waals surface area contributed by atoms with E-state index in [0.29, 0.717) is 11.0 Å². The van der Waals surface area contributed by atoms with Crippen LogP contribution < -0.4 is 11.2 Å². The highest BCUT2D eigenvalue weighted by molar-refractivity contribution is 5.88. The third-order valence-electron chi connectivity index (χ3n) is 3.32. The molecule has 0 amide bonds. The van der Waals surface area contributed by atoms with Crippen molar-refractivity contribution in [2.75, 3.05) is 0 Å². The Labute approximate surface area is 107 Å². The van der Waals surface area contributed by atoms with Gasteiger partial charge in [-0.15, -0.1) is 0 Å². The second-order valence-electron chi connectivity index (χ2n) is 4.66. The summed E-state index contributed by atoms with van der Waals surface area (Å²) in [5, 5.41) is 0. The molecule has 0 aliphatic carbocycles. The van der Waals surface area contributed by atoms with Crippen LogP contribution in [0.15, 0.2) is 15.7 Å². The Hall–Kier alpha value is -2.50. The van der Waals surface area contributed by atoms with E-state index in [1.165, 1.54) is 0 Å². The van der Waals surface area contributed by atoms with E-state index in [1.54, 1.807) is 0 Å². The smallest absolute Gasteiger partial charge is 0.290 e. The first kappa shape index (κ1) is 11.6. The van der Waals surface area contributed by atoms with Gasteiger partial charge in [0.05, 0.1) is 11.0 Å². The maximum Gasteiger partial charge on any atom is 0.327 e. The van der Waals surface area contributed by atoms with Gasteiger partial charge in [0.15, 0.2) is 11.2 Å². The highest BCUT2D eigenvalue weighted by Crippen LogP contribution is 2.22. The van der Waals surface area contributed by atoms with Gasteiger partial charge in [0, 0.05) is 0 Å². The van der Waals surface area contributed by atoms with Crippen molar-refractivity contribution in [1.82, 2.24) is 19.9 Å². The summed E-state index contributed by atoms with van der Waals surface area (Å²) in [5.41, 5.74) is 3.73. The summed E-state index contributed by atoms with van der Waals surface area (Å²) < 4.78 is 0. The molecule has 3 aromatic rings. The summed E-state index contributed by atoms with van der Waals surface area (Å²) in [7, 11) is 0. The van der Waals surface area contributed by atoms with Crippen LogP contribution in [0.5, 0.6) is 0 Å². The quantitative estimate of drug-likeness (QED) is 0.589. The Kier molecular flexibility index (Phi) is 2.28. The predicted octanol–water partition coefficient (Wildman–Crippen LogP) is 1.08. The van der Waals surface area contributed by atoms with E-state index in [2.05, 4.69) is 19.9 Å². The zero-order valence-electron chi connectivity index (χ0n) is 10.8. The average Bonchev–Trinajstić information content (AvgIpc) is 2.34. The van der Waals surface area contributed by atoms with Crippen LogP contribution in [0.4, 0.5) is 0 Å². The van der Waals surface area contributed by atoms with Gasteiger partial charge in [-0.3, -0.25) is 14.8 Å². The molecule has 0 aliphatic heterocycles. The van der Waals surface area contributed by atoms with Crippen molar-refractivity contribution in [3.05, 3.63) is 43.6 Å². The van der Waals surface area contributed by atoms with Gasteiger partial charge in [0.2, 0.25) is 0 Å². The van der Waals surface area contributed by atoms with Gasteiger partial charge in [0.1, 0.15) is 0 Å². The van der Waals surface area contributed by atoms with Gasteiger partial charge in [-0.05, 0) is 37.5 Å². The Bertz CT molecular complexity index is 937. The van der Waals surface area contributed by atoms with Crippen LogP contribution in [0.1, 0.15) is 16.7 Å². The summed E-state index contributed by atoms with van der Waals surface area (Å²) in [4.78, 5) is 36.4. The van der Waals surface area contributed by atoms with Crippen molar-refractivity contribution in [1.29, 1.82) is 0 Å². The number of nitrogens with zero attached hydrogens (tertiary/aromatic N) is 2. The number of fused-ring (bicyclic) bond motifs is 2. The number of benzene rings is 1. The van der Waals surface area contributed by atoms with Crippen LogP contribution in [0, 0.1) is 20.8 Å². The number of aryl methyl sites for hydroxylation is 3. The largest absolute Gasteiger partial charge is 0.327 e. The summed E-state index contributed by atoms with van der Waals surface area (Å²) in [5.74, 6) is 0. The molecular weight excluding hydrogens is 244 g/mol. The SMILES string of the molecule is Cc1cc(C)c2nc3c(=O)[nH]c(=O)[nH]c3nc2c1C. The predicted molar refractivity (Wildman–Crippen MR) is 72.5 cm³/mol. The van der Waals surface area contributed by atoms with Gasteiger partial charge in [-0.1, -0.05) is 6.07 Å². The van der Waals surface area contributed by atoms with Crippen LogP contribution in [0.25, 0.3) is 22.2 Å². The topological polar surface area (TPSA) is 91.5 Å². The minimum atomic E-state index is -0.576. The molecule has 19 heavy (non-hydrogen) atoms. The van der Waals surface area contributed by atoms with E-state index in [9.17, 15) is 9.59 Å². The Balaban J connectivity index is 2.63. The first-order valence-corrected chi connectivity index (χ1v) is 5.88. The number of rotatable bonds is 0. The molecule has 1 aromatic carbocycles. The van der Waals surface area contributed by atoms with Crippen LogP contribution in [-0.2, 0) is 0 Å². The van der Waals surface area contributed by atoms with Gasteiger partial charge in [-0.25, -0.2) is 14.8 Å². The molecule has 0 bridgehead atoms. The molecule has 3 rings (SSSR count). The molecule has 0 aliphatic rings. The van der Waals surface area contributed by atoms with Gasteiger partial charge in [-0.2, -0.15) is 0 Å². The number of nitrogens with one attached hydrogen (secondary N) is 2. The zero-order valence-corrected chi connectivity index (χ0v) is 10.8. The molecule has 0 fully saturated rings. The zero-order chi connectivity index (χ0) is 13.7. The molecule has 2 heterocycles. The fourth-order valence-electron chi connectivity index (χ4n) is 2.21. The van der Waals surface area contributed by atoms with Crippen LogP contribution >= 0.6 is 0 Å². The Morgan fingerprint density at radius 2 is 1.63 bits per heavy atom. The summed E-state index contributed by atoms with van der Waals surface area (Å²) in [6.07, 6.45) is 0. The van der Waals surface area contributed by atoms with E-state index in [1.807, 2.05) is 26.8 Å². The summed E-state index contributed by atoms with van der Waals surface area (Å²) in [6, 6.07) is 2.01. The third-order valence-corrected chi connectivity index (χ3v) is 3.32. The number of aromatic amines is 2. The highest BCUT2D eigenvalue weighted by Gasteiger charge is 2.11. The average molecular weight is 256 g/mol. The fourth-order valence-corrected chi connectivity index (χ4v) is 2.21. The maximum atomic E-state index is 11.7. The van der Waals surface area contributed by atoms with E-state index in [4.69, 9.17) is 0 Å². The van der Waals surface area contributed by atoms with Crippen LogP contribution in [0.3, 0.4) is 0 Å². The molecule has 0 saturated heterocycles. The normalized spacial score (nSPS) is 11.3. The standard InChI is InChI=1S/C13H12N4O2/c1-5-4-6(2)8-9(7(5)3)15-11-10(14-8)12(18)17-13(19)16-11/h4H,1-3H3,(H2,15,16,17,18,19). The number of hydrogen-bond acceptors (Lipinski definition) is 4. The number of hydrogen-bond donors (Lipinski definition) is 2. The summed E-state index contributed by atoms with van der Waals surface area (Å²) >= 11 is 0. The summed E-state index contributed by atoms with van der Waals surface area (Å²) in [6.45, 7) is 5.87. The van der Waals surface area contributed by atoms with E-state index < -0.39 is 11.2 Å². The second-order valence-corrected chi connectivity index (χ2v) is 4.66. The van der Waals surface area contributed by atoms with Gasteiger partial charge < -0.3 is 0 Å². The monoisotopic (exact) mass is 256 g/mol. The first-order valence-electron chi connectivity index (χ1n) is 5.88. The maximum absolute atomic E-state index is 11.7. The lowest BCUT2D eigenvalue weighted by Crippen LogP contribution is -2.23. The van der Waals surface area contributed by atoms with Gasteiger partial charge >= 0.3 is 5.69 Å². The minimum absolute atomic E-state index is 0.151. The first-order chi connectivity index (χ1) is 8.97. The second kappa shape index (κ2) is 3.74. The minimum Gasteiger partial charge on any atom is -0.290 e. The van der Waals surface area contributed by atoms with Crippen molar-refractivity contribution < 1.29 is 0 Å². The molecule has 0 radical (unpaired) electrons. The number of aromatic nitrogens is 4. The van der Waals surface area contributed by atoms with Crippen LogP contribution in [-0.4, -0.2) is 19.9 Å². The lowest BCUT2D eigenvalue weighted by atomic mass is 10.0. The van der Waals surface area contributed by atoms with Gasteiger partial charge in [0.25, 0.3) is 5.56 Å². The van der Waals surface area contributed by atoms with E-state index in [0.717, 1.165) is 16.7 Å². The molecule has 2 N–H and O–H groups in total. The van der Waals surface area contributed by atoms with Crippen molar-refractivity contribution >= 4 is 22.2 Å². The molecule has 0 saturated carbocycles. The van der Waals surface area contributed by atoms with Crippen LogP contribution in [0.2, 0.25) is 0 Å². The van der Waals surface area contributed by atoms with Crippen molar-refractivity contribution in [2.45, 2.75) is 20.8 Å². The molecule has 96 valence electrons. The Morgan fingerprint density at radius 3 is 2.37 bits per heavy atom. The molecule has 2 aromatic heterocycles. The highest BCUT2D eigenvalue weighted by atomic mass is 16.2. The van der Waals surface area contributed by atoms with Crippen molar-refractivity contribution in [2.24, 2.45) is 0 Å². The molecule has 6 heteroatoms. The molecule has 6 nitrogen and oxygen atoms in total. The van der Waals surface area contributed by atoms with E-state index in [-0.39, 0.29) is 11.2 Å². The molecular formula is C13H12N4O2. The molecule has 0 atom stereocenters. The third kappa shape index (κ3) is 1.64. The molecule has 0 unspecified atom stereocenters. The Morgan fingerprint density at radius 1 is 0.895 bits per heavy atom. The number of H-pyrrole nitrogens is 2. The lowest BCUT2D eigenvalue weighted by Gasteiger charge is -2.08. The van der Waals surface area contributed by atoms with Crippen molar-refractivity contribution in [3.63, 3.8) is 0 Å².